The third kappa shape index (κ3) is 5.77. The first-order chi connectivity index (χ1) is 27.2. The van der Waals surface area contributed by atoms with Crippen LogP contribution in [-0.4, -0.2) is 15.3 Å². The van der Waals surface area contributed by atoms with Crippen LogP contribution in [0, 0.1) is 5.41 Å². The Hall–Kier alpha value is -7.43. The lowest BCUT2D eigenvalue weighted by Crippen LogP contribution is -2.00. The number of fused-ring (bicyclic) bond motifs is 4. The first-order valence-electron chi connectivity index (χ1n) is 18.6. The molecule has 8 aromatic carbocycles. The summed E-state index contributed by atoms with van der Waals surface area (Å²) >= 11 is 0. The van der Waals surface area contributed by atoms with Gasteiger partial charge in [0.2, 0.25) is 0 Å². The van der Waals surface area contributed by atoms with Crippen molar-refractivity contribution in [3.05, 3.63) is 206 Å². The Morgan fingerprint density at radius 2 is 1.05 bits per heavy atom. The van der Waals surface area contributed by atoms with Gasteiger partial charge in [-0.25, -0.2) is 0 Å². The van der Waals surface area contributed by atoms with Crippen LogP contribution in [0.1, 0.15) is 5.56 Å². The summed E-state index contributed by atoms with van der Waals surface area (Å²) < 4.78 is 4.61. The van der Waals surface area contributed by atoms with Gasteiger partial charge in [0.25, 0.3) is 0 Å². The lowest BCUT2D eigenvalue weighted by Gasteiger charge is -2.14. The molecule has 2 heterocycles. The summed E-state index contributed by atoms with van der Waals surface area (Å²) in [6, 6.07) is 68.7. The third-order valence-electron chi connectivity index (χ3n) is 10.6. The summed E-state index contributed by atoms with van der Waals surface area (Å²) in [5, 5.41) is 15.6. The number of para-hydroxylation sites is 2. The highest BCUT2D eigenvalue weighted by molar-refractivity contribution is 6.17. The normalized spacial score (nSPS) is 11.3. The van der Waals surface area contributed by atoms with E-state index >= 15 is 0 Å². The third-order valence-corrected chi connectivity index (χ3v) is 10.6. The average molecular weight is 705 g/mol. The molecule has 10 aromatic rings. The molecule has 0 unspecified atom stereocenters. The summed E-state index contributed by atoms with van der Waals surface area (Å²) in [4.78, 5) is 0. The SMILES string of the molecule is N=Cc1c(Nc2ccccc2)ccc2c3cc(-c4ccc5ccn(-c6cc(-c7ccccc7)cc(-c7ccccc7)c6)c5c4)ccc3n(-c3ccccc3)c12. The molecule has 0 amide bonds. The van der Waals surface area contributed by atoms with Gasteiger partial charge in [0.1, 0.15) is 0 Å². The van der Waals surface area contributed by atoms with Crippen LogP contribution in [0.15, 0.2) is 200 Å². The molecule has 10 rings (SSSR count). The molecule has 0 radical (unpaired) electrons. The summed E-state index contributed by atoms with van der Waals surface area (Å²) in [5.74, 6) is 0. The molecule has 0 bridgehead atoms. The molecule has 4 heteroatoms. The smallest absolute Gasteiger partial charge is 0.0649 e. The number of anilines is 2. The van der Waals surface area contributed by atoms with Crippen LogP contribution in [0.5, 0.6) is 0 Å². The van der Waals surface area contributed by atoms with Gasteiger partial charge in [-0.1, -0.05) is 121 Å². The summed E-state index contributed by atoms with van der Waals surface area (Å²) in [6.45, 7) is 0. The molecule has 260 valence electrons. The van der Waals surface area contributed by atoms with E-state index in [1.54, 1.807) is 0 Å². The molecule has 0 aliphatic carbocycles. The van der Waals surface area contributed by atoms with Crippen molar-refractivity contribution >= 4 is 50.3 Å². The number of hydrogen-bond acceptors (Lipinski definition) is 2. The minimum absolute atomic E-state index is 0.842. The Bertz CT molecular complexity index is 2940. The topological polar surface area (TPSA) is 45.7 Å². The van der Waals surface area contributed by atoms with E-state index in [4.69, 9.17) is 5.41 Å². The van der Waals surface area contributed by atoms with Crippen LogP contribution < -0.4 is 5.32 Å². The van der Waals surface area contributed by atoms with E-state index in [2.05, 4.69) is 178 Å². The zero-order valence-electron chi connectivity index (χ0n) is 30.0. The minimum Gasteiger partial charge on any atom is -0.355 e. The molecule has 2 N–H and O–H groups in total. The molecular weight excluding hydrogens is 669 g/mol. The highest BCUT2D eigenvalue weighted by Crippen LogP contribution is 2.40. The predicted octanol–water partition coefficient (Wildman–Crippen LogP) is 13.5. The maximum Gasteiger partial charge on any atom is 0.0649 e. The highest BCUT2D eigenvalue weighted by Gasteiger charge is 2.19. The monoisotopic (exact) mass is 704 g/mol. The van der Waals surface area contributed by atoms with E-state index in [-0.39, 0.29) is 0 Å². The number of aromatic nitrogens is 2. The fourth-order valence-electron chi connectivity index (χ4n) is 7.97. The van der Waals surface area contributed by atoms with Crippen molar-refractivity contribution in [3.63, 3.8) is 0 Å². The van der Waals surface area contributed by atoms with Crippen molar-refractivity contribution in [2.45, 2.75) is 0 Å². The van der Waals surface area contributed by atoms with Crippen LogP contribution in [0.25, 0.3) is 77.5 Å². The lowest BCUT2D eigenvalue weighted by molar-refractivity contribution is 1.13. The molecular formula is C51H36N4. The van der Waals surface area contributed by atoms with Crippen LogP contribution >= 0.6 is 0 Å². The molecule has 0 saturated carbocycles. The maximum atomic E-state index is 8.64. The molecule has 0 atom stereocenters. The fourth-order valence-corrected chi connectivity index (χ4v) is 7.97. The van der Waals surface area contributed by atoms with Crippen LogP contribution in [0.3, 0.4) is 0 Å². The second kappa shape index (κ2) is 13.5. The van der Waals surface area contributed by atoms with E-state index in [9.17, 15) is 0 Å². The van der Waals surface area contributed by atoms with Gasteiger partial charge in [-0.05, 0) is 112 Å². The van der Waals surface area contributed by atoms with Crippen molar-refractivity contribution in [2.75, 3.05) is 5.32 Å². The summed E-state index contributed by atoms with van der Waals surface area (Å²) in [5.41, 5.74) is 15.2. The predicted molar refractivity (Wildman–Crippen MR) is 232 cm³/mol. The van der Waals surface area contributed by atoms with E-state index in [0.717, 1.165) is 66.8 Å². The standard InChI is InChI=1S/C51H36N4/c52-34-47-48(53-42-17-9-3-10-18-42)25-24-45-46-32-38(23-26-49(46)55(51(45)47)43-19-11-4-12-20-43)39-22-21-37-27-28-54(50(37)33-39)44-30-40(35-13-5-1-6-14-35)29-41(31-44)36-15-7-2-8-16-36/h1-34,52-53H. The summed E-state index contributed by atoms with van der Waals surface area (Å²) in [6.07, 6.45) is 3.66. The second-order valence-corrected chi connectivity index (χ2v) is 13.9. The van der Waals surface area contributed by atoms with Crippen molar-refractivity contribution in [1.29, 1.82) is 5.41 Å². The van der Waals surface area contributed by atoms with Crippen molar-refractivity contribution < 1.29 is 0 Å². The molecule has 0 aliphatic heterocycles. The molecule has 0 saturated heterocycles. The number of hydrogen-bond donors (Lipinski definition) is 2. The molecule has 2 aromatic heterocycles. The van der Waals surface area contributed by atoms with Crippen molar-refractivity contribution in [2.24, 2.45) is 0 Å². The first-order valence-corrected chi connectivity index (χ1v) is 18.6. The van der Waals surface area contributed by atoms with Crippen molar-refractivity contribution in [1.82, 2.24) is 9.13 Å². The number of benzene rings is 8. The molecule has 0 aliphatic rings. The van der Waals surface area contributed by atoms with Gasteiger partial charge in [-0.15, -0.1) is 0 Å². The van der Waals surface area contributed by atoms with Gasteiger partial charge >= 0.3 is 0 Å². The fraction of sp³-hybridized carbons (Fsp3) is 0. The Labute approximate surface area is 319 Å². The van der Waals surface area contributed by atoms with Gasteiger partial charge in [-0.2, -0.15) is 0 Å². The first kappa shape index (κ1) is 32.2. The molecule has 4 nitrogen and oxygen atoms in total. The Kier molecular flexibility index (Phi) is 7.93. The highest BCUT2D eigenvalue weighted by atomic mass is 15.0. The molecule has 55 heavy (non-hydrogen) atoms. The van der Waals surface area contributed by atoms with E-state index < -0.39 is 0 Å². The zero-order chi connectivity index (χ0) is 36.7. The summed E-state index contributed by atoms with van der Waals surface area (Å²) in [7, 11) is 0. The van der Waals surface area contributed by atoms with Gasteiger partial charge in [-0.3, -0.25) is 0 Å². The lowest BCUT2D eigenvalue weighted by atomic mass is 9.98. The number of nitrogens with zero attached hydrogens (tertiary/aromatic N) is 2. The molecule has 0 fully saturated rings. The van der Waals surface area contributed by atoms with Crippen molar-refractivity contribution in [3.8, 4) is 44.8 Å². The minimum atomic E-state index is 0.842. The van der Waals surface area contributed by atoms with E-state index in [0.29, 0.717) is 0 Å². The Morgan fingerprint density at radius 1 is 0.436 bits per heavy atom. The molecule has 0 spiro atoms. The number of nitrogens with one attached hydrogen (secondary N) is 2. The Morgan fingerprint density at radius 3 is 1.73 bits per heavy atom. The zero-order valence-corrected chi connectivity index (χ0v) is 30.0. The van der Waals surface area contributed by atoms with Gasteiger partial charge in [0, 0.05) is 51.5 Å². The second-order valence-electron chi connectivity index (χ2n) is 13.9. The largest absolute Gasteiger partial charge is 0.355 e. The van der Waals surface area contributed by atoms with Gasteiger partial charge in [0.15, 0.2) is 0 Å². The Balaban J connectivity index is 1.13. The van der Waals surface area contributed by atoms with Crippen LogP contribution in [-0.2, 0) is 0 Å². The average Bonchev–Trinajstić information content (AvgIpc) is 3.83. The van der Waals surface area contributed by atoms with E-state index in [1.165, 1.54) is 33.9 Å². The van der Waals surface area contributed by atoms with E-state index in [1.807, 2.05) is 36.4 Å². The number of rotatable bonds is 8. The maximum absolute atomic E-state index is 8.64. The van der Waals surface area contributed by atoms with Crippen LogP contribution in [0.4, 0.5) is 11.4 Å². The van der Waals surface area contributed by atoms with Crippen LogP contribution in [0.2, 0.25) is 0 Å². The van der Waals surface area contributed by atoms with Gasteiger partial charge < -0.3 is 19.9 Å². The van der Waals surface area contributed by atoms with Gasteiger partial charge in [0.05, 0.1) is 16.6 Å². The quantitative estimate of drug-likeness (QED) is 0.152.